The minimum atomic E-state index is -0.388. The summed E-state index contributed by atoms with van der Waals surface area (Å²) in [5.74, 6) is 1.46. The first-order valence-corrected chi connectivity index (χ1v) is 10.3. The molecule has 1 N–H and O–H groups in total. The van der Waals surface area contributed by atoms with Crippen molar-refractivity contribution in [1.82, 2.24) is 19.7 Å². The fourth-order valence-electron chi connectivity index (χ4n) is 4.31. The molecule has 0 spiro atoms. The van der Waals surface area contributed by atoms with Crippen molar-refractivity contribution >= 4 is 22.9 Å². The lowest BCUT2D eigenvalue weighted by Crippen LogP contribution is -2.31. The highest BCUT2D eigenvalue weighted by molar-refractivity contribution is 7.07. The molecule has 2 atom stereocenters. The Morgan fingerprint density at radius 1 is 1.21 bits per heavy atom. The highest BCUT2D eigenvalue weighted by Gasteiger charge is 2.39. The van der Waals surface area contributed by atoms with Gasteiger partial charge in [0.05, 0.1) is 0 Å². The number of nitrogens with one attached hydrogen (secondary N) is 1. The van der Waals surface area contributed by atoms with Gasteiger partial charge in [-0.15, -0.1) is 10.2 Å². The molecule has 2 aromatic heterocycles. The smallest absolute Gasteiger partial charge is 0.293 e. The van der Waals surface area contributed by atoms with E-state index >= 15 is 0 Å². The van der Waals surface area contributed by atoms with E-state index in [1.165, 1.54) is 17.7 Å². The molecule has 1 amide bonds. The van der Waals surface area contributed by atoms with Crippen LogP contribution < -0.4 is 5.32 Å². The zero-order chi connectivity index (χ0) is 19.1. The number of hydrogen-bond acceptors (Lipinski definition) is 5. The van der Waals surface area contributed by atoms with Crippen LogP contribution in [0.5, 0.6) is 0 Å². The van der Waals surface area contributed by atoms with E-state index in [4.69, 9.17) is 0 Å². The molecule has 1 saturated heterocycles. The van der Waals surface area contributed by atoms with Crippen LogP contribution in [0.3, 0.4) is 0 Å². The fourth-order valence-corrected chi connectivity index (χ4v) is 4.97. The summed E-state index contributed by atoms with van der Waals surface area (Å²) in [6, 6.07) is 8.03. The number of rotatable bonds is 4. The first kappa shape index (κ1) is 17.5. The third kappa shape index (κ3) is 3.33. The van der Waals surface area contributed by atoms with Crippen LogP contribution in [0, 0.1) is 17.7 Å². The summed E-state index contributed by atoms with van der Waals surface area (Å²) < 4.78 is 15.3. The number of halogens is 1. The number of carbonyl (C=O) groups is 1. The van der Waals surface area contributed by atoms with Gasteiger partial charge in [0.2, 0.25) is 5.82 Å². The molecule has 2 aliphatic heterocycles. The normalized spacial score (nSPS) is 21.3. The quantitative estimate of drug-likeness (QED) is 0.735. The van der Waals surface area contributed by atoms with Crippen LogP contribution in [0.15, 0.2) is 41.1 Å². The van der Waals surface area contributed by atoms with Crippen molar-refractivity contribution in [3.05, 3.63) is 64.1 Å². The van der Waals surface area contributed by atoms with Gasteiger partial charge in [-0.3, -0.25) is 9.69 Å². The highest BCUT2D eigenvalue weighted by atomic mass is 32.1. The molecular formula is C20H20FN5OS. The predicted octanol–water partition coefficient (Wildman–Crippen LogP) is 3.04. The molecule has 1 aromatic carbocycles. The van der Waals surface area contributed by atoms with E-state index < -0.39 is 0 Å². The van der Waals surface area contributed by atoms with E-state index in [0.29, 0.717) is 23.3 Å². The third-order valence-corrected chi connectivity index (χ3v) is 6.35. The number of nitrogens with zero attached hydrogens (tertiary/aromatic N) is 4. The van der Waals surface area contributed by atoms with Gasteiger partial charge in [0, 0.05) is 38.3 Å². The number of carbonyl (C=O) groups excluding carboxylic acids is 1. The molecule has 0 aliphatic carbocycles. The van der Waals surface area contributed by atoms with Crippen LogP contribution in [-0.2, 0) is 19.5 Å². The molecule has 5 rings (SSSR count). The molecular weight excluding hydrogens is 377 g/mol. The average molecular weight is 397 g/mol. The molecule has 0 radical (unpaired) electrons. The van der Waals surface area contributed by atoms with Crippen molar-refractivity contribution in [3.8, 4) is 0 Å². The van der Waals surface area contributed by atoms with E-state index in [-0.39, 0.29) is 11.7 Å². The highest BCUT2D eigenvalue weighted by Crippen LogP contribution is 2.33. The Morgan fingerprint density at radius 2 is 2.11 bits per heavy atom. The van der Waals surface area contributed by atoms with Crippen LogP contribution >= 0.6 is 11.3 Å². The Morgan fingerprint density at radius 3 is 2.93 bits per heavy atom. The van der Waals surface area contributed by atoms with Crippen molar-refractivity contribution in [3.63, 3.8) is 0 Å². The number of benzene rings is 1. The Balaban J connectivity index is 1.29. The molecule has 144 valence electrons. The van der Waals surface area contributed by atoms with Gasteiger partial charge in [0.15, 0.2) is 0 Å². The molecule has 4 heterocycles. The Bertz CT molecular complexity index is 1000. The van der Waals surface area contributed by atoms with E-state index in [9.17, 15) is 9.18 Å². The molecule has 0 saturated carbocycles. The number of fused-ring (bicyclic) bond motifs is 2. The zero-order valence-electron chi connectivity index (χ0n) is 15.2. The largest absolute Gasteiger partial charge is 0.319 e. The van der Waals surface area contributed by atoms with Crippen molar-refractivity contribution in [2.45, 2.75) is 19.5 Å². The molecule has 0 unspecified atom stereocenters. The van der Waals surface area contributed by atoms with E-state index in [2.05, 4.69) is 37.2 Å². The van der Waals surface area contributed by atoms with Gasteiger partial charge in [-0.05, 0) is 52.4 Å². The Hall–Kier alpha value is -2.58. The summed E-state index contributed by atoms with van der Waals surface area (Å²) >= 11 is 1.73. The summed E-state index contributed by atoms with van der Waals surface area (Å²) in [6.07, 6.45) is 0.838. The van der Waals surface area contributed by atoms with Gasteiger partial charge in [-0.25, -0.2) is 4.39 Å². The fraction of sp³-hybridized carbons (Fsp3) is 0.350. The maximum Gasteiger partial charge on any atom is 0.293 e. The molecule has 8 heteroatoms. The van der Waals surface area contributed by atoms with Gasteiger partial charge in [-0.1, -0.05) is 6.07 Å². The van der Waals surface area contributed by atoms with E-state index in [1.54, 1.807) is 23.5 Å². The lowest BCUT2D eigenvalue weighted by atomic mass is 9.89. The SMILES string of the molecule is O=C(Nc1cccc(F)c1)c1nnc2n1C[C@H]1CN(Cc3ccsc3)C[C@@H]1C2. The Labute approximate surface area is 166 Å². The average Bonchev–Trinajstić information content (AvgIpc) is 3.39. The topological polar surface area (TPSA) is 63.1 Å². The van der Waals surface area contributed by atoms with Gasteiger partial charge in [0.1, 0.15) is 11.6 Å². The van der Waals surface area contributed by atoms with Gasteiger partial charge >= 0.3 is 0 Å². The van der Waals surface area contributed by atoms with Crippen LogP contribution in [0.2, 0.25) is 0 Å². The van der Waals surface area contributed by atoms with Gasteiger partial charge in [-0.2, -0.15) is 11.3 Å². The maximum atomic E-state index is 13.4. The summed E-state index contributed by atoms with van der Waals surface area (Å²) in [5, 5.41) is 15.4. The molecule has 1 fully saturated rings. The molecule has 28 heavy (non-hydrogen) atoms. The third-order valence-electron chi connectivity index (χ3n) is 5.61. The molecule has 0 bridgehead atoms. The summed E-state index contributed by atoms with van der Waals surface area (Å²) in [7, 11) is 0. The van der Waals surface area contributed by atoms with Gasteiger partial charge in [0.25, 0.3) is 5.91 Å². The number of thiophene rings is 1. The first-order valence-electron chi connectivity index (χ1n) is 9.38. The maximum absolute atomic E-state index is 13.4. The lowest BCUT2D eigenvalue weighted by Gasteiger charge is -2.25. The predicted molar refractivity (Wildman–Crippen MR) is 105 cm³/mol. The van der Waals surface area contributed by atoms with E-state index in [0.717, 1.165) is 38.4 Å². The summed E-state index contributed by atoms with van der Waals surface area (Å²) in [5.41, 5.74) is 1.78. The number of amides is 1. The van der Waals surface area contributed by atoms with Crippen LogP contribution in [0.4, 0.5) is 10.1 Å². The molecule has 3 aromatic rings. The first-order chi connectivity index (χ1) is 13.7. The van der Waals surface area contributed by atoms with Crippen LogP contribution in [0.1, 0.15) is 22.0 Å². The van der Waals surface area contributed by atoms with Crippen molar-refractivity contribution < 1.29 is 9.18 Å². The second-order valence-corrected chi connectivity index (χ2v) is 8.34. The zero-order valence-corrected chi connectivity index (χ0v) is 16.0. The van der Waals surface area contributed by atoms with Crippen LogP contribution in [-0.4, -0.2) is 38.7 Å². The minimum absolute atomic E-state index is 0.300. The standard InChI is InChI=1S/C20H20FN5OS/c21-16-2-1-3-17(7-16)22-20(27)19-24-23-18-6-14-9-25(8-13-4-5-28-12-13)10-15(14)11-26(18)19/h1-5,7,12,14-15H,6,8-11H2,(H,22,27)/t14-,15+/m0/s1. The molecule has 2 aliphatic rings. The minimum Gasteiger partial charge on any atom is -0.319 e. The van der Waals surface area contributed by atoms with Crippen LogP contribution in [0.25, 0.3) is 0 Å². The van der Waals surface area contributed by atoms with Crippen molar-refractivity contribution in [2.75, 3.05) is 18.4 Å². The summed E-state index contributed by atoms with van der Waals surface area (Å²) in [4.78, 5) is 15.2. The summed E-state index contributed by atoms with van der Waals surface area (Å²) in [6.45, 7) is 3.80. The second-order valence-electron chi connectivity index (χ2n) is 7.56. The second kappa shape index (κ2) is 7.10. The number of aromatic nitrogens is 3. The number of anilines is 1. The van der Waals surface area contributed by atoms with Crippen molar-refractivity contribution in [2.24, 2.45) is 11.8 Å². The monoisotopic (exact) mass is 397 g/mol. The van der Waals surface area contributed by atoms with Crippen molar-refractivity contribution in [1.29, 1.82) is 0 Å². The molecule has 6 nitrogen and oxygen atoms in total. The lowest BCUT2D eigenvalue weighted by molar-refractivity contribution is 0.100. The Kier molecular flexibility index (Phi) is 4.44. The number of likely N-dealkylation sites (tertiary alicyclic amines) is 1. The van der Waals surface area contributed by atoms with Gasteiger partial charge < -0.3 is 9.88 Å². The number of hydrogen-bond donors (Lipinski definition) is 1. The van der Waals surface area contributed by atoms with E-state index in [1.807, 2.05) is 4.57 Å².